The molecule has 1 fully saturated rings. The van der Waals surface area contributed by atoms with Gasteiger partial charge in [0.1, 0.15) is 5.82 Å². The molecular weight excluding hydrogens is 486 g/mol. The maximum atomic E-state index is 13.1. The average molecular weight is 516 g/mol. The van der Waals surface area contributed by atoms with E-state index in [0.29, 0.717) is 56.3 Å². The Kier molecular flexibility index (Phi) is 8.45. The number of benzene rings is 1. The van der Waals surface area contributed by atoms with Crippen molar-refractivity contribution in [1.82, 2.24) is 19.3 Å². The molecule has 4 rings (SSSR count). The van der Waals surface area contributed by atoms with Crippen LogP contribution in [0.1, 0.15) is 18.7 Å². The van der Waals surface area contributed by atoms with Gasteiger partial charge < -0.3 is 4.90 Å². The Balaban J connectivity index is 1.31. The molecule has 11 heteroatoms. The minimum Gasteiger partial charge on any atom is -0.369 e. The van der Waals surface area contributed by atoms with Gasteiger partial charge in [0.05, 0.1) is 11.8 Å². The zero-order chi connectivity index (χ0) is 24.7. The Hall–Kier alpha value is -2.86. The summed E-state index contributed by atoms with van der Waals surface area (Å²) in [6.07, 6.45) is 4.95. The van der Waals surface area contributed by atoms with Crippen molar-refractivity contribution < 1.29 is 18.4 Å². The predicted octanol–water partition coefficient (Wildman–Crippen LogP) is 2.90. The minimum atomic E-state index is -3.66. The van der Waals surface area contributed by atoms with Crippen molar-refractivity contribution in [2.45, 2.75) is 25.3 Å². The fraction of sp³-hybridized carbons (Fsp3) is 0.375. The highest BCUT2D eigenvalue weighted by atomic mass is 32.2. The first-order valence-electron chi connectivity index (χ1n) is 11.5. The molecule has 2 aromatic heterocycles. The lowest BCUT2D eigenvalue weighted by Crippen LogP contribution is -2.51. The number of aryl methyl sites for hydroxylation is 1. The van der Waals surface area contributed by atoms with E-state index in [1.165, 1.54) is 9.87 Å². The Bertz CT molecular complexity index is 1170. The molecule has 0 saturated carbocycles. The number of aromatic nitrogens is 2. The van der Waals surface area contributed by atoms with Gasteiger partial charge >= 0.3 is 0 Å². The summed E-state index contributed by atoms with van der Waals surface area (Å²) in [6.45, 7) is 1.85. The molecule has 1 unspecified atom stereocenters. The summed E-state index contributed by atoms with van der Waals surface area (Å²) in [6, 6.07) is 11.3. The van der Waals surface area contributed by atoms with Crippen molar-refractivity contribution in [2.75, 3.05) is 36.8 Å². The monoisotopic (exact) mass is 515 g/mol. The van der Waals surface area contributed by atoms with Crippen LogP contribution in [0.25, 0.3) is 11.1 Å². The third kappa shape index (κ3) is 6.63. The van der Waals surface area contributed by atoms with Gasteiger partial charge in [0, 0.05) is 50.7 Å². The first-order valence-corrected chi connectivity index (χ1v) is 14.1. The smallest absolute Gasteiger partial charge is 0.233 e. The fourth-order valence-electron chi connectivity index (χ4n) is 4.20. The lowest BCUT2D eigenvalue weighted by atomic mass is 10.1. The lowest BCUT2D eigenvalue weighted by Gasteiger charge is -2.36. The number of hydrogen-bond acceptors (Lipinski definition) is 8. The maximum absolute atomic E-state index is 13.1. The quantitative estimate of drug-likeness (QED) is 0.238. The van der Waals surface area contributed by atoms with E-state index >= 15 is 0 Å². The van der Waals surface area contributed by atoms with Gasteiger partial charge in [-0.1, -0.05) is 12.1 Å². The van der Waals surface area contributed by atoms with Crippen LogP contribution < -0.4 is 4.90 Å². The number of rotatable bonds is 11. The molecule has 1 aliphatic heterocycles. The Morgan fingerprint density at radius 1 is 1.06 bits per heavy atom. The molecule has 0 spiro atoms. The second kappa shape index (κ2) is 11.7. The molecule has 186 valence electrons. The highest BCUT2D eigenvalue weighted by Crippen LogP contribution is 2.26. The third-order valence-electron chi connectivity index (χ3n) is 6.16. The van der Waals surface area contributed by atoms with Crippen LogP contribution >= 0.6 is 11.3 Å². The van der Waals surface area contributed by atoms with E-state index in [2.05, 4.69) is 56.0 Å². The van der Waals surface area contributed by atoms with Gasteiger partial charge in [-0.05, 0) is 59.0 Å². The largest absolute Gasteiger partial charge is 0.369 e. The van der Waals surface area contributed by atoms with E-state index < -0.39 is 16.1 Å². The molecule has 9 nitrogen and oxygen atoms in total. The normalized spacial score (nSPS) is 15.6. The van der Waals surface area contributed by atoms with Crippen LogP contribution in [0.4, 0.5) is 5.69 Å². The average Bonchev–Trinajstić information content (AvgIpc) is 3.43. The summed E-state index contributed by atoms with van der Waals surface area (Å²) in [5.41, 5.74) is 3.41. The van der Waals surface area contributed by atoms with Crippen LogP contribution in [0.5, 0.6) is 0 Å². The van der Waals surface area contributed by atoms with Gasteiger partial charge in [0.15, 0.2) is 0 Å². The molecule has 0 bridgehead atoms. The highest BCUT2D eigenvalue weighted by molar-refractivity contribution is 7.89. The molecule has 0 aliphatic carbocycles. The van der Waals surface area contributed by atoms with Gasteiger partial charge in [-0.25, -0.2) is 23.4 Å². The van der Waals surface area contributed by atoms with Crippen LogP contribution in [0.3, 0.4) is 0 Å². The van der Waals surface area contributed by atoms with Gasteiger partial charge in [-0.2, -0.15) is 15.6 Å². The number of thiophene rings is 1. The Morgan fingerprint density at radius 3 is 2.40 bits per heavy atom. The van der Waals surface area contributed by atoms with Crippen molar-refractivity contribution in [3.05, 3.63) is 65.4 Å². The molecule has 1 N–H and O–H groups in total. The summed E-state index contributed by atoms with van der Waals surface area (Å²) in [7, 11) is -3.66. The number of hydroxylamine groups is 2. The Labute approximate surface area is 209 Å². The van der Waals surface area contributed by atoms with E-state index in [1.807, 2.05) is 0 Å². The van der Waals surface area contributed by atoms with E-state index in [4.69, 9.17) is 0 Å². The lowest BCUT2D eigenvalue weighted by molar-refractivity contribution is -0.158. The van der Waals surface area contributed by atoms with Gasteiger partial charge in [-0.15, -0.1) is 0 Å². The van der Waals surface area contributed by atoms with Crippen molar-refractivity contribution in [3.8, 4) is 11.1 Å². The van der Waals surface area contributed by atoms with Crippen LogP contribution in [-0.2, 0) is 21.2 Å². The predicted molar refractivity (Wildman–Crippen MR) is 136 cm³/mol. The first-order chi connectivity index (χ1) is 17.0. The van der Waals surface area contributed by atoms with Gasteiger partial charge in [0.25, 0.3) is 0 Å². The van der Waals surface area contributed by atoms with Crippen molar-refractivity contribution in [3.63, 3.8) is 0 Å². The van der Waals surface area contributed by atoms with Crippen molar-refractivity contribution >= 4 is 33.5 Å². The number of carbonyl (C=O) groups excluding carboxylic acids is 1. The molecule has 3 aromatic rings. The molecule has 1 aliphatic rings. The van der Waals surface area contributed by atoms with Crippen LogP contribution in [0.2, 0.25) is 0 Å². The molecule has 1 atom stereocenters. The van der Waals surface area contributed by atoms with E-state index in [9.17, 15) is 18.4 Å². The summed E-state index contributed by atoms with van der Waals surface area (Å²) in [4.78, 5) is 21.7. The number of anilines is 1. The fourth-order valence-corrected chi connectivity index (χ4v) is 6.60. The first kappa shape index (κ1) is 25.2. The summed E-state index contributed by atoms with van der Waals surface area (Å²) < 4.78 is 27.7. The van der Waals surface area contributed by atoms with E-state index in [0.717, 1.165) is 11.3 Å². The number of piperazine rings is 1. The molecular formula is C24H29N5O4S2. The summed E-state index contributed by atoms with van der Waals surface area (Å²) in [5, 5.41) is 14.6. The zero-order valence-electron chi connectivity index (χ0n) is 19.3. The van der Waals surface area contributed by atoms with Crippen molar-refractivity contribution in [2.24, 2.45) is 0 Å². The topological polar surface area (TPSA) is 107 Å². The molecule has 1 aromatic carbocycles. The van der Waals surface area contributed by atoms with Crippen LogP contribution in [-0.4, -0.2) is 77.3 Å². The van der Waals surface area contributed by atoms with Gasteiger partial charge in [-0.3, -0.25) is 10.0 Å². The van der Waals surface area contributed by atoms with Crippen LogP contribution in [0, 0.1) is 0 Å². The molecule has 1 amide bonds. The third-order valence-corrected chi connectivity index (χ3v) is 8.80. The molecule has 0 radical (unpaired) electrons. The molecule has 35 heavy (non-hydrogen) atoms. The zero-order valence-corrected chi connectivity index (χ0v) is 20.9. The number of amides is 1. The standard InChI is InChI=1S/C24H29N5O4S2/c30-19-29(31)23(3-1-4-24-25-10-2-11-26-24)18-35(32,33)28-14-12-27(13-15-28)22-7-5-20(6-8-22)21-9-16-34-17-21/h2,5-11,16-17,19,23,31H,1,3-4,12-15,18H2. The van der Waals surface area contributed by atoms with Crippen molar-refractivity contribution in [1.29, 1.82) is 0 Å². The summed E-state index contributed by atoms with van der Waals surface area (Å²) in [5.74, 6) is 0.317. The highest BCUT2D eigenvalue weighted by Gasteiger charge is 2.31. The molecule has 1 saturated heterocycles. The second-order valence-corrected chi connectivity index (χ2v) is 11.2. The number of sulfonamides is 1. The Morgan fingerprint density at radius 2 is 1.77 bits per heavy atom. The van der Waals surface area contributed by atoms with E-state index in [-0.39, 0.29) is 12.2 Å². The second-order valence-electron chi connectivity index (χ2n) is 8.42. The SMILES string of the molecule is O=CN(O)C(CCCc1ncccn1)CS(=O)(=O)N1CCN(c2ccc(-c3ccsc3)cc2)CC1. The number of nitrogens with zero attached hydrogens (tertiary/aromatic N) is 5. The molecule has 3 heterocycles. The number of carbonyl (C=O) groups is 1. The van der Waals surface area contributed by atoms with Gasteiger partial charge in [0.2, 0.25) is 16.4 Å². The van der Waals surface area contributed by atoms with E-state index in [1.54, 1.807) is 29.8 Å². The minimum absolute atomic E-state index is 0.261. The number of hydrogen-bond donors (Lipinski definition) is 1. The summed E-state index contributed by atoms with van der Waals surface area (Å²) >= 11 is 1.66. The van der Waals surface area contributed by atoms with Crippen LogP contribution in [0.15, 0.2) is 59.6 Å². The maximum Gasteiger partial charge on any atom is 0.233 e.